The molecule has 0 aromatic heterocycles. The number of carbonyl (C=O) groups excluding carboxylic acids is 2. The van der Waals surface area contributed by atoms with Gasteiger partial charge in [-0.05, 0) is 30.2 Å². The molecule has 0 saturated carbocycles. The van der Waals surface area contributed by atoms with Crippen LogP contribution < -0.4 is 5.73 Å². The first-order valence-electron chi connectivity index (χ1n) is 7.38. The fourth-order valence-corrected chi connectivity index (χ4v) is 3.29. The van der Waals surface area contributed by atoms with E-state index in [1.54, 1.807) is 0 Å². The van der Waals surface area contributed by atoms with E-state index in [1.165, 1.54) is 18.7 Å². The molecule has 2 N–H and O–H groups in total. The maximum Gasteiger partial charge on any atom is 0.316 e. The van der Waals surface area contributed by atoms with Gasteiger partial charge in [-0.15, -0.1) is 11.8 Å². The van der Waals surface area contributed by atoms with E-state index in [0.29, 0.717) is 5.02 Å². The Kier molecular flexibility index (Phi) is 6.70. The van der Waals surface area contributed by atoms with Crippen LogP contribution in [0.5, 0.6) is 0 Å². The Balaban J connectivity index is 2.11. The zero-order chi connectivity index (χ0) is 17.5. The number of nitrogens with two attached hydrogens (primary N) is 1. The molecule has 2 aromatic rings. The lowest BCUT2D eigenvalue weighted by atomic mass is 10.0. The second-order valence-corrected chi connectivity index (χ2v) is 6.72. The van der Waals surface area contributed by atoms with Crippen molar-refractivity contribution in [2.24, 2.45) is 5.73 Å². The number of amides is 1. The van der Waals surface area contributed by atoms with Crippen LogP contribution in [0.2, 0.25) is 5.02 Å². The van der Waals surface area contributed by atoms with Crippen LogP contribution >= 0.6 is 23.4 Å². The number of esters is 1. The van der Waals surface area contributed by atoms with Crippen LogP contribution in [0.4, 0.5) is 0 Å². The molecule has 0 aliphatic carbocycles. The van der Waals surface area contributed by atoms with Crippen LogP contribution in [0, 0.1) is 0 Å². The molecular weight excluding hydrogens is 346 g/mol. The molecule has 0 bridgehead atoms. The summed E-state index contributed by atoms with van der Waals surface area (Å²) in [6.07, 6.45) is -0.927. The first-order chi connectivity index (χ1) is 11.5. The van der Waals surface area contributed by atoms with Gasteiger partial charge in [-0.1, -0.05) is 54.1 Å². The van der Waals surface area contributed by atoms with Gasteiger partial charge in [-0.2, -0.15) is 0 Å². The van der Waals surface area contributed by atoms with Gasteiger partial charge in [0.25, 0.3) is 5.91 Å². The molecule has 4 nitrogen and oxygen atoms in total. The van der Waals surface area contributed by atoms with E-state index in [0.717, 1.165) is 11.1 Å². The first-order valence-corrected chi connectivity index (χ1v) is 8.81. The quantitative estimate of drug-likeness (QED) is 0.763. The zero-order valence-corrected chi connectivity index (χ0v) is 14.7. The number of rotatable bonds is 7. The number of thioether (sulfide) groups is 1. The summed E-state index contributed by atoms with van der Waals surface area (Å²) in [5.74, 6) is -1.02. The van der Waals surface area contributed by atoms with Gasteiger partial charge in [-0.25, -0.2) is 0 Å². The topological polar surface area (TPSA) is 69.4 Å². The maximum absolute atomic E-state index is 11.9. The van der Waals surface area contributed by atoms with Gasteiger partial charge < -0.3 is 10.5 Å². The van der Waals surface area contributed by atoms with Crippen LogP contribution in [0.1, 0.15) is 23.3 Å². The highest BCUT2D eigenvalue weighted by Crippen LogP contribution is 2.36. The lowest BCUT2D eigenvalue weighted by Gasteiger charge is -2.18. The van der Waals surface area contributed by atoms with E-state index >= 15 is 0 Å². The van der Waals surface area contributed by atoms with Gasteiger partial charge in [0.2, 0.25) is 0 Å². The standard InChI is InChI=1S/C18H18ClNO3S/c1-12(18(20)22)23-16(21)11-24-17(13-5-3-2-4-6-13)14-7-9-15(19)10-8-14/h2-10,12,17H,11H2,1H3,(H2,20,22)/t12-,17-/m0/s1. The molecule has 2 rings (SSSR count). The predicted molar refractivity (Wildman–Crippen MR) is 96.9 cm³/mol. The highest BCUT2D eigenvalue weighted by Gasteiger charge is 2.19. The molecule has 0 radical (unpaired) electrons. The van der Waals surface area contributed by atoms with Crippen molar-refractivity contribution in [1.82, 2.24) is 0 Å². The normalized spacial score (nSPS) is 13.1. The highest BCUT2D eigenvalue weighted by atomic mass is 35.5. The third kappa shape index (κ3) is 5.28. The van der Waals surface area contributed by atoms with Crippen LogP contribution in [0.15, 0.2) is 54.6 Å². The Bertz CT molecular complexity index is 691. The lowest BCUT2D eigenvalue weighted by Crippen LogP contribution is -2.31. The fraction of sp³-hybridized carbons (Fsp3) is 0.222. The van der Waals surface area contributed by atoms with E-state index < -0.39 is 18.0 Å². The molecule has 24 heavy (non-hydrogen) atoms. The number of benzene rings is 2. The molecule has 126 valence electrons. The molecule has 0 heterocycles. The van der Waals surface area contributed by atoms with Crippen molar-refractivity contribution >= 4 is 35.2 Å². The molecule has 6 heteroatoms. The van der Waals surface area contributed by atoms with Gasteiger partial charge in [0, 0.05) is 5.02 Å². The molecule has 0 aliphatic rings. The summed E-state index contributed by atoms with van der Waals surface area (Å²) >= 11 is 7.38. The second-order valence-electron chi connectivity index (χ2n) is 5.19. The van der Waals surface area contributed by atoms with E-state index in [9.17, 15) is 9.59 Å². The summed E-state index contributed by atoms with van der Waals surface area (Å²) < 4.78 is 5.00. The average molecular weight is 364 g/mol. The van der Waals surface area contributed by atoms with Gasteiger partial charge in [0.15, 0.2) is 6.10 Å². The summed E-state index contributed by atoms with van der Waals surface area (Å²) in [6, 6.07) is 17.4. The number of ether oxygens (including phenoxy) is 1. The lowest BCUT2D eigenvalue weighted by molar-refractivity contribution is -0.151. The van der Waals surface area contributed by atoms with Crippen LogP contribution in [-0.4, -0.2) is 23.7 Å². The van der Waals surface area contributed by atoms with Crippen molar-refractivity contribution in [2.75, 3.05) is 5.75 Å². The number of carbonyl (C=O) groups is 2. The van der Waals surface area contributed by atoms with E-state index in [-0.39, 0.29) is 11.0 Å². The van der Waals surface area contributed by atoms with Gasteiger partial charge in [0.05, 0.1) is 11.0 Å². The van der Waals surface area contributed by atoms with E-state index in [1.807, 2.05) is 54.6 Å². The van der Waals surface area contributed by atoms with Crippen molar-refractivity contribution in [1.29, 1.82) is 0 Å². The smallest absolute Gasteiger partial charge is 0.316 e. The zero-order valence-electron chi connectivity index (χ0n) is 13.1. The fourth-order valence-electron chi connectivity index (χ4n) is 2.09. The number of hydrogen-bond acceptors (Lipinski definition) is 4. The Labute approximate surface area is 150 Å². The molecule has 0 fully saturated rings. The summed E-state index contributed by atoms with van der Waals surface area (Å²) in [7, 11) is 0. The van der Waals surface area contributed by atoms with Gasteiger partial charge in [-0.3, -0.25) is 9.59 Å². The molecule has 0 spiro atoms. The number of primary amides is 1. The molecule has 0 saturated heterocycles. The molecule has 1 amide bonds. The second kappa shape index (κ2) is 8.76. The van der Waals surface area contributed by atoms with Crippen molar-refractivity contribution in [2.45, 2.75) is 18.3 Å². The van der Waals surface area contributed by atoms with E-state index in [4.69, 9.17) is 22.1 Å². The molecule has 0 aliphatic heterocycles. The van der Waals surface area contributed by atoms with Crippen LogP contribution in [0.3, 0.4) is 0 Å². The Morgan fingerprint density at radius 1 is 1.08 bits per heavy atom. The average Bonchev–Trinajstić information content (AvgIpc) is 2.57. The minimum atomic E-state index is -0.927. The maximum atomic E-state index is 11.9. The van der Waals surface area contributed by atoms with Crippen molar-refractivity contribution in [3.05, 3.63) is 70.7 Å². The highest BCUT2D eigenvalue weighted by molar-refractivity contribution is 8.00. The predicted octanol–water partition coefficient (Wildman–Crippen LogP) is 3.58. The SMILES string of the molecule is C[C@H](OC(=O)CS[C@@H](c1ccccc1)c1ccc(Cl)cc1)C(N)=O. The minimum absolute atomic E-state index is 0.0418. The molecular formula is C18H18ClNO3S. The number of halogens is 1. The summed E-state index contributed by atoms with van der Waals surface area (Å²) in [4.78, 5) is 22.9. The summed E-state index contributed by atoms with van der Waals surface area (Å²) in [5, 5.41) is 0.616. The third-order valence-corrected chi connectivity index (χ3v) is 4.88. The largest absolute Gasteiger partial charge is 0.452 e. The Morgan fingerprint density at radius 2 is 1.67 bits per heavy atom. The monoisotopic (exact) mass is 363 g/mol. The number of hydrogen-bond donors (Lipinski definition) is 1. The molecule has 2 aromatic carbocycles. The van der Waals surface area contributed by atoms with Gasteiger partial charge >= 0.3 is 5.97 Å². The van der Waals surface area contributed by atoms with Crippen molar-refractivity contribution < 1.29 is 14.3 Å². The molecule has 2 atom stereocenters. The molecule has 0 unspecified atom stereocenters. The summed E-state index contributed by atoms with van der Waals surface area (Å²) in [6.45, 7) is 1.46. The summed E-state index contributed by atoms with van der Waals surface area (Å²) in [5.41, 5.74) is 7.20. The Hall–Kier alpha value is -1.98. The minimum Gasteiger partial charge on any atom is -0.452 e. The van der Waals surface area contributed by atoms with Crippen molar-refractivity contribution in [3.8, 4) is 0 Å². The Morgan fingerprint density at radius 3 is 2.25 bits per heavy atom. The third-order valence-electron chi connectivity index (χ3n) is 3.35. The first kappa shape index (κ1) is 18.4. The van der Waals surface area contributed by atoms with Crippen LogP contribution in [0.25, 0.3) is 0 Å². The van der Waals surface area contributed by atoms with Crippen LogP contribution in [-0.2, 0) is 14.3 Å². The van der Waals surface area contributed by atoms with E-state index in [2.05, 4.69) is 0 Å². The van der Waals surface area contributed by atoms with Gasteiger partial charge in [0.1, 0.15) is 0 Å². The van der Waals surface area contributed by atoms with Crippen molar-refractivity contribution in [3.63, 3.8) is 0 Å².